The summed E-state index contributed by atoms with van der Waals surface area (Å²) in [7, 11) is 0. The van der Waals surface area contributed by atoms with Gasteiger partial charge in [0, 0.05) is 18.4 Å². The Hall–Kier alpha value is -1.23. The monoisotopic (exact) mass is 287 g/mol. The molecule has 0 aliphatic heterocycles. The Bertz CT molecular complexity index is 381. The zero-order valence-electron chi connectivity index (χ0n) is 8.98. The zero-order valence-corrected chi connectivity index (χ0v) is 10.6. The van der Waals surface area contributed by atoms with Gasteiger partial charge in [-0.25, -0.2) is 0 Å². The fourth-order valence-corrected chi connectivity index (χ4v) is 1.80. The lowest BCUT2D eigenvalue weighted by molar-refractivity contribution is 0.0771. The number of halogens is 1. The molecule has 1 aromatic carbocycles. The van der Waals surface area contributed by atoms with Crippen molar-refractivity contribution in [2.24, 2.45) is 0 Å². The maximum atomic E-state index is 12.0. The number of benzene rings is 1. The molecule has 0 saturated heterocycles. The maximum Gasteiger partial charge on any atom is 0.257 e. The number of amides is 1. The number of aromatic hydroxyl groups is 2. The second-order valence-electron chi connectivity index (χ2n) is 3.28. The molecule has 5 heteroatoms. The summed E-state index contributed by atoms with van der Waals surface area (Å²) in [5, 5.41) is 19.5. The van der Waals surface area contributed by atoms with Gasteiger partial charge in [-0.15, -0.1) is 0 Å². The van der Waals surface area contributed by atoms with Gasteiger partial charge in [0.2, 0.25) is 0 Å². The molecule has 0 aliphatic carbocycles. The van der Waals surface area contributed by atoms with Crippen molar-refractivity contribution < 1.29 is 15.0 Å². The van der Waals surface area contributed by atoms with Crippen molar-refractivity contribution >= 4 is 21.8 Å². The molecule has 88 valence electrons. The van der Waals surface area contributed by atoms with Gasteiger partial charge in [-0.2, -0.15) is 0 Å². The van der Waals surface area contributed by atoms with Gasteiger partial charge < -0.3 is 15.1 Å². The lowest BCUT2D eigenvalue weighted by atomic mass is 10.1. The normalized spacial score (nSPS) is 10.1. The molecule has 2 N–H and O–H groups in total. The molecule has 1 aromatic rings. The average Bonchev–Trinajstić information content (AvgIpc) is 2.28. The van der Waals surface area contributed by atoms with Gasteiger partial charge in [-0.1, -0.05) is 15.9 Å². The van der Waals surface area contributed by atoms with E-state index < -0.39 is 0 Å². The predicted octanol–water partition coefficient (Wildman–Crippen LogP) is 1.95. The topological polar surface area (TPSA) is 60.8 Å². The van der Waals surface area contributed by atoms with Crippen molar-refractivity contribution in [1.29, 1.82) is 0 Å². The summed E-state index contributed by atoms with van der Waals surface area (Å²) in [4.78, 5) is 13.6. The highest BCUT2D eigenvalue weighted by molar-refractivity contribution is 9.09. The Morgan fingerprint density at radius 1 is 1.44 bits per heavy atom. The highest BCUT2D eigenvalue weighted by Crippen LogP contribution is 2.23. The third kappa shape index (κ3) is 2.88. The van der Waals surface area contributed by atoms with Crippen LogP contribution in [0.15, 0.2) is 18.2 Å². The van der Waals surface area contributed by atoms with Crippen LogP contribution in [-0.4, -0.2) is 39.4 Å². The van der Waals surface area contributed by atoms with Crippen LogP contribution in [0, 0.1) is 0 Å². The summed E-state index contributed by atoms with van der Waals surface area (Å²) >= 11 is 3.26. The van der Waals surface area contributed by atoms with E-state index in [1.54, 1.807) is 4.90 Å². The first kappa shape index (κ1) is 12.8. The van der Waals surface area contributed by atoms with Crippen molar-refractivity contribution in [2.75, 3.05) is 18.4 Å². The summed E-state index contributed by atoms with van der Waals surface area (Å²) in [6, 6.07) is 3.92. The van der Waals surface area contributed by atoms with Crippen LogP contribution in [-0.2, 0) is 0 Å². The van der Waals surface area contributed by atoms with E-state index in [0.29, 0.717) is 18.4 Å². The van der Waals surface area contributed by atoms with Gasteiger partial charge in [-0.3, -0.25) is 4.79 Å². The van der Waals surface area contributed by atoms with Crippen molar-refractivity contribution in [3.63, 3.8) is 0 Å². The van der Waals surface area contributed by atoms with Gasteiger partial charge in [0.1, 0.15) is 11.5 Å². The minimum Gasteiger partial charge on any atom is -0.508 e. The molecule has 0 atom stereocenters. The maximum absolute atomic E-state index is 12.0. The zero-order chi connectivity index (χ0) is 12.1. The standard InChI is InChI=1S/C11H14BrNO3/c1-2-13(6-5-12)11(16)9-7-8(14)3-4-10(9)15/h3-4,7,14-15H,2,5-6H2,1H3. The first-order valence-corrected chi connectivity index (χ1v) is 6.09. The number of nitrogens with zero attached hydrogens (tertiary/aromatic N) is 1. The second-order valence-corrected chi connectivity index (χ2v) is 4.07. The molecule has 0 fully saturated rings. The molecule has 0 heterocycles. The van der Waals surface area contributed by atoms with E-state index in [9.17, 15) is 15.0 Å². The Morgan fingerprint density at radius 2 is 2.12 bits per heavy atom. The van der Waals surface area contributed by atoms with E-state index in [1.807, 2.05) is 6.92 Å². The number of hydrogen-bond acceptors (Lipinski definition) is 3. The molecule has 1 rings (SSSR count). The van der Waals surface area contributed by atoms with Crippen molar-refractivity contribution in [1.82, 2.24) is 4.90 Å². The van der Waals surface area contributed by atoms with Gasteiger partial charge in [0.25, 0.3) is 5.91 Å². The Morgan fingerprint density at radius 3 is 2.69 bits per heavy atom. The SMILES string of the molecule is CCN(CCBr)C(=O)c1cc(O)ccc1O. The minimum atomic E-state index is -0.282. The summed E-state index contributed by atoms with van der Waals surface area (Å²) in [6.07, 6.45) is 0. The summed E-state index contributed by atoms with van der Waals surface area (Å²) in [5.74, 6) is -0.429. The molecule has 0 spiro atoms. The predicted molar refractivity (Wildman–Crippen MR) is 65.1 cm³/mol. The number of phenols is 2. The van der Waals surface area contributed by atoms with Crippen LogP contribution in [0.5, 0.6) is 11.5 Å². The van der Waals surface area contributed by atoms with E-state index in [4.69, 9.17) is 0 Å². The van der Waals surface area contributed by atoms with Crippen molar-refractivity contribution in [3.05, 3.63) is 23.8 Å². The quantitative estimate of drug-likeness (QED) is 0.657. The minimum absolute atomic E-state index is 0.0314. The molecule has 0 unspecified atom stereocenters. The van der Waals surface area contributed by atoms with Crippen LogP contribution in [0.25, 0.3) is 0 Å². The van der Waals surface area contributed by atoms with E-state index in [2.05, 4.69) is 15.9 Å². The molecular formula is C11H14BrNO3. The average molecular weight is 288 g/mol. The number of rotatable bonds is 4. The van der Waals surface area contributed by atoms with Crippen LogP contribution in [0.2, 0.25) is 0 Å². The first-order chi connectivity index (χ1) is 7.60. The molecule has 4 nitrogen and oxygen atoms in total. The Balaban J connectivity index is 2.98. The lowest BCUT2D eigenvalue weighted by Crippen LogP contribution is -2.32. The Labute approximate surface area is 103 Å². The molecule has 0 radical (unpaired) electrons. The summed E-state index contributed by atoms with van der Waals surface area (Å²) < 4.78 is 0. The third-order valence-electron chi connectivity index (χ3n) is 2.23. The van der Waals surface area contributed by atoms with Crippen LogP contribution in [0.4, 0.5) is 0 Å². The molecule has 0 aromatic heterocycles. The number of hydrogen-bond donors (Lipinski definition) is 2. The Kier molecular flexibility index (Phi) is 4.61. The van der Waals surface area contributed by atoms with Crippen molar-refractivity contribution in [3.8, 4) is 11.5 Å². The van der Waals surface area contributed by atoms with E-state index in [1.165, 1.54) is 18.2 Å². The number of carbonyl (C=O) groups excluding carboxylic acids is 1. The fraction of sp³-hybridized carbons (Fsp3) is 0.364. The van der Waals surface area contributed by atoms with Gasteiger partial charge in [-0.05, 0) is 25.1 Å². The molecule has 1 amide bonds. The molecule has 0 saturated carbocycles. The van der Waals surface area contributed by atoms with Crippen LogP contribution in [0.3, 0.4) is 0 Å². The van der Waals surface area contributed by atoms with Gasteiger partial charge >= 0.3 is 0 Å². The first-order valence-electron chi connectivity index (χ1n) is 4.97. The fourth-order valence-electron chi connectivity index (χ4n) is 1.37. The van der Waals surface area contributed by atoms with Crippen molar-refractivity contribution in [2.45, 2.75) is 6.92 Å². The second kappa shape index (κ2) is 5.75. The van der Waals surface area contributed by atoms with Gasteiger partial charge in [0.05, 0.1) is 5.56 Å². The smallest absolute Gasteiger partial charge is 0.257 e. The molecular weight excluding hydrogens is 274 g/mol. The molecule has 16 heavy (non-hydrogen) atoms. The molecule has 0 aliphatic rings. The number of alkyl halides is 1. The summed E-state index contributed by atoms with van der Waals surface area (Å²) in [5.41, 5.74) is 0.128. The highest BCUT2D eigenvalue weighted by atomic mass is 79.9. The van der Waals surface area contributed by atoms with Crippen LogP contribution >= 0.6 is 15.9 Å². The summed E-state index contributed by atoms with van der Waals surface area (Å²) in [6.45, 7) is 2.98. The van der Waals surface area contributed by atoms with E-state index in [-0.39, 0.29) is 23.0 Å². The van der Waals surface area contributed by atoms with Gasteiger partial charge in [0.15, 0.2) is 0 Å². The molecule has 0 bridgehead atoms. The van der Waals surface area contributed by atoms with Crippen LogP contribution in [0.1, 0.15) is 17.3 Å². The third-order valence-corrected chi connectivity index (χ3v) is 2.59. The lowest BCUT2D eigenvalue weighted by Gasteiger charge is -2.20. The van der Waals surface area contributed by atoms with E-state index >= 15 is 0 Å². The highest BCUT2D eigenvalue weighted by Gasteiger charge is 2.17. The van der Waals surface area contributed by atoms with E-state index in [0.717, 1.165) is 0 Å². The van der Waals surface area contributed by atoms with Crippen LogP contribution < -0.4 is 0 Å². The largest absolute Gasteiger partial charge is 0.508 e. The number of carbonyl (C=O) groups is 1. The number of phenolic OH excluding ortho intramolecular Hbond substituents is 2.